The number of nitrogens with zero attached hydrogens (tertiary/aromatic N) is 2. The van der Waals surface area contributed by atoms with Gasteiger partial charge in [0.15, 0.2) is 0 Å². The van der Waals surface area contributed by atoms with Crippen molar-refractivity contribution in [2.45, 2.75) is 70.4 Å². The summed E-state index contributed by atoms with van der Waals surface area (Å²) in [5, 5.41) is 2.48. The maximum atomic E-state index is 12.4. The second-order valence-electron chi connectivity index (χ2n) is 9.50. The van der Waals surface area contributed by atoms with Gasteiger partial charge in [0.25, 0.3) is 0 Å². The summed E-state index contributed by atoms with van der Waals surface area (Å²) in [6, 6.07) is 6.08. The molecule has 2 saturated heterocycles. The predicted octanol–water partition coefficient (Wildman–Crippen LogP) is 2.97. The zero-order valence-corrected chi connectivity index (χ0v) is 18.1. The Bertz CT molecular complexity index is 852. The maximum Gasteiger partial charge on any atom is 0.410 e. The Kier molecular flexibility index (Phi) is 5.47. The number of fused-ring (bicyclic) bond motifs is 1. The van der Waals surface area contributed by atoms with Crippen LogP contribution in [0.4, 0.5) is 10.5 Å². The number of ether oxygens (including phenoxy) is 1. The van der Waals surface area contributed by atoms with Gasteiger partial charge >= 0.3 is 6.09 Å². The van der Waals surface area contributed by atoms with E-state index in [-0.39, 0.29) is 23.9 Å². The number of piperidine rings is 2. The first-order valence-electron chi connectivity index (χ1n) is 10.9. The molecule has 0 saturated carbocycles. The summed E-state index contributed by atoms with van der Waals surface area (Å²) in [4.78, 5) is 40.2. The first-order valence-corrected chi connectivity index (χ1v) is 10.9. The van der Waals surface area contributed by atoms with E-state index in [0.29, 0.717) is 31.8 Å². The van der Waals surface area contributed by atoms with Crippen molar-refractivity contribution < 1.29 is 19.1 Å². The molecule has 1 unspecified atom stereocenters. The number of nitrogens with one attached hydrogen (secondary N) is 1. The number of imide groups is 1. The summed E-state index contributed by atoms with van der Waals surface area (Å²) in [5.74, 6) is 0.0386. The van der Waals surface area contributed by atoms with Crippen LogP contribution in [0.3, 0.4) is 0 Å². The van der Waals surface area contributed by atoms with Gasteiger partial charge < -0.3 is 14.5 Å². The van der Waals surface area contributed by atoms with Gasteiger partial charge in [-0.2, -0.15) is 0 Å². The highest BCUT2D eigenvalue weighted by Crippen LogP contribution is 2.39. The van der Waals surface area contributed by atoms with Crippen LogP contribution in [-0.2, 0) is 20.7 Å². The molecule has 3 aliphatic rings. The van der Waals surface area contributed by atoms with E-state index >= 15 is 0 Å². The minimum Gasteiger partial charge on any atom is -0.444 e. The number of carbonyl (C=O) groups is 3. The van der Waals surface area contributed by atoms with Crippen molar-refractivity contribution >= 4 is 23.6 Å². The first kappa shape index (κ1) is 20.7. The summed E-state index contributed by atoms with van der Waals surface area (Å²) in [5.41, 5.74) is 3.30. The molecule has 7 heteroatoms. The molecule has 1 atom stereocenters. The van der Waals surface area contributed by atoms with E-state index in [2.05, 4.69) is 28.4 Å². The van der Waals surface area contributed by atoms with E-state index in [4.69, 9.17) is 4.74 Å². The molecule has 1 aromatic carbocycles. The lowest BCUT2D eigenvalue weighted by Crippen LogP contribution is -2.52. The van der Waals surface area contributed by atoms with Crippen LogP contribution in [0.15, 0.2) is 18.2 Å². The molecule has 30 heavy (non-hydrogen) atoms. The van der Waals surface area contributed by atoms with Crippen LogP contribution < -0.4 is 10.2 Å². The van der Waals surface area contributed by atoms with Crippen molar-refractivity contribution in [3.8, 4) is 0 Å². The van der Waals surface area contributed by atoms with Gasteiger partial charge in [0.2, 0.25) is 11.8 Å². The lowest BCUT2D eigenvalue weighted by atomic mass is 9.85. The maximum absolute atomic E-state index is 12.4. The summed E-state index contributed by atoms with van der Waals surface area (Å²) in [6.07, 6.45) is 3.47. The molecule has 0 radical (unpaired) electrons. The molecule has 162 valence electrons. The zero-order chi connectivity index (χ0) is 21.5. The Morgan fingerprint density at radius 3 is 2.47 bits per heavy atom. The molecule has 0 spiro atoms. The standard InChI is InChI=1S/C23H31N3O4/c1-23(2,3)30-22(29)25-12-9-15(10-13-25)16-5-4-6-18-17(16)11-14-26(18)19-7-8-20(27)24-21(19)28/h4-6,15,19H,7-14H2,1-3H3,(H,24,27,28). The van der Waals surface area contributed by atoms with Crippen molar-refractivity contribution in [2.75, 3.05) is 24.5 Å². The van der Waals surface area contributed by atoms with Crippen LogP contribution in [0.2, 0.25) is 0 Å². The number of benzene rings is 1. The molecule has 7 nitrogen and oxygen atoms in total. The van der Waals surface area contributed by atoms with Crippen LogP contribution in [-0.4, -0.2) is 54.1 Å². The normalized spacial score (nSPS) is 22.7. The number of anilines is 1. The van der Waals surface area contributed by atoms with E-state index in [1.807, 2.05) is 20.8 Å². The van der Waals surface area contributed by atoms with E-state index in [1.54, 1.807) is 4.90 Å². The fourth-order valence-electron chi connectivity index (χ4n) is 4.87. The lowest BCUT2D eigenvalue weighted by Gasteiger charge is -2.34. The van der Waals surface area contributed by atoms with Crippen molar-refractivity contribution in [1.82, 2.24) is 10.2 Å². The molecule has 0 bridgehead atoms. The minimum absolute atomic E-state index is 0.179. The SMILES string of the molecule is CC(C)(C)OC(=O)N1CCC(c2cccc3c2CCN3C2CCC(=O)NC2=O)CC1. The van der Waals surface area contributed by atoms with E-state index in [1.165, 1.54) is 11.1 Å². The Labute approximate surface area is 177 Å². The average Bonchev–Trinajstić information content (AvgIpc) is 3.11. The minimum atomic E-state index is -0.479. The molecule has 3 heterocycles. The van der Waals surface area contributed by atoms with Gasteiger partial charge in [-0.25, -0.2) is 4.79 Å². The quantitative estimate of drug-likeness (QED) is 0.754. The van der Waals surface area contributed by atoms with Gasteiger partial charge in [-0.3, -0.25) is 14.9 Å². The van der Waals surface area contributed by atoms with Crippen molar-refractivity contribution in [2.24, 2.45) is 0 Å². The van der Waals surface area contributed by atoms with Gasteiger partial charge in [0.1, 0.15) is 11.6 Å². The fourth-order valence-corrected chi connectivity index (χ4v) is 4.87. The highest BCUT2D eigenvalue weighted by atomic mass is 16.6. The number of amides is 3. The van der Waals surface area contributed by atoms with Gasteiger partial charge in [0, 0.05) is 31.7 Å². The second-order valence-corrected chi connectivity index (χ2v) is 9.50. The molecule has 4 rings (SSSR count). The van der Waals surface area contributed by atoms with Crippen LogP contribution in [0.5, 0.6) is 0 Å². The molecule has 3 amide bonds. The lowest BCUT2D eigenvalue weighted by molar-refractivity contribution is -0.134. The second kappa shape index (κ2) is 7.93. The third-order valence-corrected chi connectivity index (χ3v) is 6.27. The van der Waals surface area contributed by atoms with Crippen molar-refractivity contribution in [3.05, 3.63) is 29.3 Å². The Morgan fingerprint density at radius 1 is 1.07 bits per heavy atom. The number of carbonyl (C=O) groups excluding carboxylic acids is 3. The highest BCUT2D eigenvalue weighted by molar-refractivity contribution is 6.02. The smallest absolute Gasteiger partial charge is 0.410 e. The molecule has 1 N–H and O–H groups in total. The largest absolute Gasteiger partial charge is 0.444 e. The van der Waals surface area contributed by atoms with Gasteiger partial charge in [-0.05, 0) is 69.6 Å². The number of hydrogen-bond donors (Lipinski definition) is 1. The van der Waals surface area contributed by atoms with Crippen molar-refractivity contribution in [1.29, 1.82) is 0 Å². The van der Waals surface area contributed by atoms with Crippen LogP contribution in [0.25, 0.3) is 0 Å². The van der Waals surface area contributed by atoms with E-state index < -0.39 is 5.60 Å². The molecule has 0 aromatic heterocycles. The monoisotopic (exact) mass is 413 g/mol. The predicted molar refractivity (Wildman–Crippen MR) is 113 cm³/mol. The van der Waals surface area contributed by atoms with Gasteiger partial charge in [-0.15, -0.1) is 0 Å². The molecular formula is C23H31N3O4. The first-order chi connectivity index (χ1) is 14.2. The number of likely N-dealkylation sites (tertiary alicyclic amines) is 1. The number of rotatable bonds is 2. The third kappa shape index (κ3) is 4.16. The molecular weight excluding hydrogens is 382 g/mol. The van der Waals surface area contributed by atoms with Crippen molar-refractivity contribution in [3.63, 3.8) is 0 Å². The average molecular weight is 414 g/mol. The van der Waals surface area contributed by atoms with E-state index in [0.717, 1.165) is 31.5 Å². The van der Waals surface area contributed by atoms with Gasteiger partial charge in [-0.1, -0.05) is 12.1 Å². The van der Waals surface area contributed by atoms with Crippen LogP contribution in [0.1, 0.15) is 63.5 Å². The summed E-state index contributed by atoms with van der Waals surface area (Å²) in [6.45, 7) is 7.85. The Balaban J connectivity index is 1.45. The Hall–Kier alpha value is -2.57. The van der Waals surface area contributed by atoms with Gasteiger partial charge in [0.05, 0.1) is 0 Å². The topological polar surface area (TPSA) is 79.0 Å². The third-order valence-electron chi connectivity index (χ3n) is 6.27. The number of hydrogen-bond acceptors (Lipinski definition) is 5. The zero-order valence-electron chi connectivity index (χ0n) is 18.1. The van der Waals surface area contributed by atoms with Crippen LogP contribution in [0, 0.1) is 0 Å². The summed E-state index contributed by atoms with van der Waals surface area (Å²) in [7, 11) is 0. The Morgan fingerprint density at radius 2 is 1.80 bits per heavy atom. The summed E-state index contributed by atoms with van der Waals surface area (Å²) < 4.78 is 5.51. The molecule has 0 aliphatic carbocycles. The van der Waals surface area contributed by atoms with Crippen LogP contribution >= 0.6 is 0 Å². The highest BCUT2D eigenvalue weighted by Gasteiger charge is 2.37. The molecule has 3 aliphatic heterocycles. The fraction of sp³-hybridized carbons (Fsp3) is 0.609. The van der Waals surface area contributed by atoms with E-state index in [9.17, 15) is 14.4 Å². The molecule has 1 aromatic rings. The summed E-state index contributed by atoms with van der Waals surface area (Å²) >= 11 is 0. The molecule has 2 fully saturated rings.